The summed E-state index contributed by atoms with van der Waals surface area (Å²) >= 11 is 11.1. The number of hydrogen-bond acceptors (Lipinski definition) is 4. The maximum atomic E-state index is 6.05. The van der Waals surface area contributed by atoms with Gasteiger partial charge in [-0.15, -0.1) is 11.3 Å². The van der Waals surface area contributed by atoms with Crippen molar-refractivity contribution in [3.8, 4) is 11.3 Å². The third-order valence-corrected chi connectivity index (χ3v) is 4.44. The standard InChI is InChI=1S/C15H11BrClN3S/c16-11-6-12(15(17)19-7-11)18-8-14-20-13(9-21-14)10-4-2-1-3-5-10/h1-7,9,18H,8H2. The molecule has 3 nitrogen and oxygen atoms in total. The van der Waals surface area contributed by atoms with Crippen molar-refractivity contribution >= 4 is 44.6 Å². The number of halogens is 2. The van der Waals surface area contributed by atoms with Crippen LogP contribution in [-0.4, -0.2) is 9.97 Å². The molecule has 0 bridgehead atoms. The van der Waals surface area contributed by atoms with E-state index in [9.17, 15) is 0 Å². The molecule has 0 aliphatic heterocycles. The highest BCUT2D eigenvalue weighted by Crippen LogP contribution is 2.25. The molecular formula is C15H11BrClN3S. The number of pyridine rings is 1. The van der Waals surface area contributed by atoms with E-state index in [0.29, 0.717) is 11.7 Å². The number of anilines is 1. The smallest absolute Gasteiger partial charge is 0.152 e. The molecule has 1 N–H and O–H groups in total. The molecule has 106 valence electrons. The predicted molar refractivity (Wildman–Crippen MR) is 91.8 cm³/mol. The molecule has 0 aliphatic rings. The van der Waals surface area contributed by atoms with Crippen molar-refractivity contribution in [3.63, 3.8) is 0 Å². The van der Waals surface area contributed by atoms with Crippen molar-refractivity contribution in [2.45, 2.75) is 6.54 Å². The lowest BCUT2D eigenvalue weighted by Crippen LogP contribution is -2.00. The fourth-order valence-corrected chi connectivity index (χ4v) is 3.10. The fourth-order valence-electron chi connectivity index (χ4n) is 1.85. The quantitative estimate of drug-likeness (QED) is 0.629. The molecule has 21 heavy (non-hydrogen) atoms. The van der Waals surface area contributed by atoms with E-state index in [0.717, 1.165) is 26.4 Å². The zero-order chi connectivity index (χ0) is 14.7. The van der Waals surface area contributed by atoms with Gasteiger partial charge in [-0.2, -0.15) is 0 Å². The van der Waals surface area contributed by atoms with E-state index in [-0.39, 0.29) is 0 Å². The average Bonchev–Trinajstić information content (AvgIpc) is 2.98. The van der Waals surface area contributed by atoms with Gasteiger partial charge in [0.2, 0.25) is 0 Å². The van der Waals surface area contributed by atoms with Crippen LogP contribution in [0.5, 0.6) is 0 Å². The first-order valence-corrected chi connectivity index (χ1v) is 8.32. The summed E-state index contributed by atoms with van der Waals surface area (Å²) in [6.07, 6.45) is 1.67. The van der Waals surface area contributed by atoms with Gasteiger partial charge in [-0.05, 0) is 22.0 Å². The van der Waals surface area contributed by atoms with Crippen molar-refractivity contribution in [1.82, 2.24) is 9.97 Å². The maximum absolute atomic E-state index is 6.05. The van der Waals surface area contributed by atoms with Gasteiger partial charge in [-0.25, -0.2) is 9.97 Å². The lowest BCUT2D eigenvalue weighted by Gasteiger charge is -2.06. The zero-order valence-electron chi connectivity index (χ0n) is 10.9. The van der Waals surface area contributed by atoms with Crippen LogP contribution >= 0.6 is 38.9 Å². The van der Waals surface area contributed by atoms with Crippen LogP contribution < -0.4 is 5.32 Å². The fraction of sp³-hybridized carbons (Fsp3) is 0.0667. The van der Waals surface area contributed by atoms with Crippen LogP contribution in [0.4, 0.5) is 5.69 Å². The Kier molecular flexibility index (Phi) is 4.53. The highest BCUT2D eigenvalue weighted by molar-refractivity contribution is 9.10. The number of nitrogens with one attached hydrogen (secondary N) is 1. The van der Waals surface area contributed by atoms with Crippen molar-refractivity contribution in [2.24, 2.45) is 0 Å². The summed E-state index contributed by atoms with van der Waals surface area (Å²) in [6, 6.07) is 12.0. The summed E-state index contributed by atoms with van der Waals surface area (Å²) in [5.74, 6) is 0. The summed E-state index contributed by atoms with van der Waals surface area (Å²) < 4.78 is 0.888. The summed E-state index contributed by atoms with van der Waals surface area (Å²) in [4.78, 5) is 8.71. The summed E-state index contributed by atoms with van der Waals surface area (Å²) in [5.41, 5.74) is 2.92. The van der Waals surface area contributed by atoms with Gasteiger partial charge in [0.25, 0.3) is 0 Å². The van der Waals surface area contributed by atoms with E-state index in [2.05, 4.69) is 48.7 Å². The molecule has 3 rings (SSSR count). The molecule has 3 aromatic rings. The predicted octanol–water partition coefficient (Wildman–Crippen LogP) is 5.23. The van der Waals surface area contributed by atoms with Crippen LogP contribution in [-0.2, 0) is 6.54 Å². The number of benzene rings is 1. The molecule has 2 aromatic heterocycles. The molecule has 0 saturated carbocycles. The van der Waals surface area contributed by atoms with Crippen LogP contribution in [0.3, 0.4) is 0 Å². The van der Waals surface area contributed by atoms with Gasteiger partial charge in [0.15, 0.2) is 5.15 Å². The molecule has 0 spiro atoms. The van der Waals surface area contributed by atoms with Crippen LogP contribution in [0.25, 0.3) is 11.3 Å². The molecule has 0 saturated heterocycles. The van der Waals surface area contributed by atoms with E-state index >= 15 is 0 Å². The molecule has 0 radical (unpaired) electrons. The van der Waals surface area contributed by atoms with Crippen molar-refractivity contribution in [1.29, 1.82) is 0 Å². The average molecular weight is 381 g/mol. The number of aromatic nitrogens is 2. The topological polar surface area (TPSA) is 37.8 Å². The van der Waals surface area contributed by atoms with Crippen LogP contribution in [0.1, 0.15) is 5.01 Å². The Morgan fingerprint density at radius 1 is 1.24 bits per heavy atom. The minimum Gasteiger partial charge on any atom is -0.376 e. The number of thiazole rings is 1. The molecule has 2 heterocycles. The Balaban J connectivity index is 1.72. The van der Waals surface area contributed by atoms with Gasteiger partial charge in [0.1, 0.15) is 5.01 Å². The Hall–Kier alpha value is -1.43. The molecular weight excluding hydrogens is 370 g/mol. The first kappa shape index (κ1) is 14.5. The first-order valence-electron chi connectivity index (χ1n) is 6.27. The minimum atomic E-state index is 0.457. The van der Waals surface area contributed by atoms with E-state index in [4.69, 9.17) is 11.6 Å². The molecule has 0 fully saturated rings. The molecule has 6 heteroatoms. The van der Waals surface area contributed by atoms with Crippen molar-refractivity contribution in [2.75, 3.05) is 5.32 Å². The highest BCUT2D eigenvalue weighted by atomic mass is 79.9. The second kappa shape index (κ2) is 6.56. The van der Waals surface area contributed by atoms with E-state index in [1.54, 1.807) is 17.5 Å². The molecule has 0 atom stereocenters. The summed E-state index contributed by atoms with van der Waals surface area (Å²) in [7, 11) is 0. The normalized spacial score (nSPS) is 10.6. The van der Waals surface area contributed by atoms with E-state index in [1.165, 1.54) is 0 Å². The minimum absolute atomic E-state index is 0.457. The van der Waals surface area contributed by atoms with E-state index < -0.39 is 0 Å². The number of rotatable bonds is 4. The zero-order valence-corrected chi connectivity index (χ0v) is 14.0. The van der Waals surface area contributed by atoms with Gasteiger partial charge in [0.05, 0.1) is 17.9 Å². The summed E-state index contributed by atoms with van der Waals surface area (Å²) in [6.45, 7) is 0.620. The van der Waals surface area contributed by atoms with Crippen LogP contribution in [0.15, 0.2) is 52.4 Å². The van der Waals surface area contributed by atoms with Gasteiger partial charge >= 0.3 is 0 Å². The third-order valence-electron chi connectivity index (χ3n) is 2.86. The molecule has 0 amide bonds. The van der Waals surface area contributed by atoms with Crippen LogP contribution in [0, 0.1) is 0 Å². The summed E-state index contributed by atoms with van der Waals surface area (Å²) in [5, 5.41) is 6.78. The Bertz CT molecular complexity index is 746. The number of nitrogens with zero attached hydrogens (tertiary/aromatic N) is 2. The van der Waals surface area contributed by atoms with E-state index in [1.807, 2.05) is 24.3 Å². The van der Waals surface area contributed by atoms with Crippen LogP contribution in [0.2, 0.25) is 5.15 Å². The molecule has 0 aliphatic carbocycles. The van der Waals surface area contributed by atoms with Gasteiger partial charge in [-0.3, -0.25) is 0 Å². The lowest BCUT2D eigenvalue weighted by atomic mass is 10.2. The highest BCUT2D eigenvalue weighted by Gasteiger charge is 2.06. The molecule has 1 aromatic carbocycles. The maximum Gasteiger partial charge on any atom is 0.152 e. The Morgan fingerprint density at radius 2 is 2.05 bits per heavy atom. The second-order valence-electron chi connectivity index (χ2n) is 4.34. The van der Waals surface area contributed by atoms with Gasteiger partial charge in [0, 0.05) is 21.6 Å². The second-order valence-corrected chi connectivity index (χ2v) is 6.55. The monoisotopic (exact) mass is 379 g/mol. The Labute approximate surface area is 140 Å². The van der Waals surface area contributed by atoms with Gasteiger partial charge in [-0.1, -0.05) is 41.9 Å². The third kappa shape index (κ3) is 3.61. The van der Waals surface area contributed by atoms with Crippen molar-refractivity contribution < 1.29 is 0 Å². The van der Waals surface area contributed by atoms with Crippen molar-refractivity contribution in [3.05, 3.63) is 62.6 Å². The largest absolute Gasteiger partial charge is 0.376 e. The molecule has 0 unspecified atom stereocenters. The lowest BCUT2D eigenvalue weighted by molar-refractivity contribution is 1.10. The SMILES string of the molecule is Clc1ncc(Br)cc1NCc1nc(-c2ccccc2)cs1. The van der Waals surface area contributed by atoms with Gasteiger partial charge < -0.3 is 5.32 Å². The number of hydrogen-bond donors (Lipinski definition) is 1. The Morgan fingerprint density at radius 3 is 2.86 bits per heavy atom. The first-order chi connectivity index (χ1) is 10.2.